The molecule has 0 aliphatic carbocycles. The lowest BCUT2D eigenvalue weighted by Gasteiger charge is -2.26. The Bertz CT molecular complexity index is 1560. The van der Waals surface area contributed by atoms with Crippen LogP contribution in [0.4, 0.5) is 5.69 Å². The van der Waals surface area contributed by atoms with Gasteiger partial charge in [-0.15, -0.1) is 0 Å². The van der Waals surface area contributed by atoms with Crippen molar-refractivity contribution in [1.29, 1.82) is 0 Å². The van der Waals surface area contributed by atoms with Crippen LogP contribution in [0.1, 0.15) is 12.5 Å². The van der Waals surface area contributed by atoms with Gasteiger partial charge in [-0.05, 0) is 67.1 Å². The molecule has 0 radical (unpaired) electrons. The van der Waals surface area contributed by atoms with Crippen molar-refractivity contribution in [3.63, 3.8) is 0 Å². The number of sulfonamides is 2. The zero-order valence-corrected chi connectivity index (χ0v) is 24.6. The van der Waals surface area contributed by atoms with Crippen molar-refractivity contribution in [3.05, 3.63) is 77.3 Å². The van der Waals surface area contributed by atoms with Crippen molar-refractivity contribution in [1.82, 2.24) is 9.62 Å². The second kappa shape index (κ2) is 13.5. The quantitative estimate of drug-likeness (QED) is 0.313. The van der Waals surface area contributed by atoms with Gasteiger partial charge >= 0.3 is 0 Å². The Morgan fingerprint density at radius 3 is 2.22 bits per heavy atom. The number of benzene rings is 3. The normalized spacial score (nSPS) is 14.3. The maximum Gasteiger partial charge on any atom is 0.261 e. The van der Waals surface area contributed by atoms with Gasteiger partial charge in [0.1, 0.15) is 11.5 Å². The Kier molecular flexibility index (Phi) is 10.1. The summed E-state index contributed by atoms with van der Waals surface area (Å²) in [4.78, 5) is 12.4. The summed E-state index contributed by atoms with van der Waals surface area (Å²) in [6.07, 6.45) is 0. The number of carbonyl (C=O) groups is 1. The standard InChI is InChI=1S/C27H30ClN3O8S2/c1-2-38-22-7-5-21(6-8-22)30-40(33,34)24-11-12-26(25(28)17-24)39-19-27(32)29-18-20-3-9-23(10-4-20)41(35,36)31-13-15-37-16-14-31/h3-12,17,30H,2,13-16,18-19H2,1H3,(H,29,32). The summed E-state index contributed by atoms with van der Waals surface area (Å²) in [6, 6.07) is 16.7. The van der Waals surface area contributed by atoms with Gasteiger partial charge in [-0.25, -0.2) is 16.8 Å². The third-order valence-electron chi connectivity index (χ3n) is 6.01. The van der Waals surface area contributed by atoms with Crippen LogP contribution in [0.25, 0.3) is 0 Å². The highest BCUT2D eigenvalue weighted by Gasteiger charge is 2.26. The topological polar surface area (TPSA) is 140 Å². The first-order valence-corrected chi connectivity index (χ1v) is 16.0. The number of nitrogens with one attached hydrogen (secondary N) is 2. The molecule has 14 heteroatoms. The molecule has 41 heavy (non-hydrogen) atoms. The maximum atomic E-state index is 12.8. The van der Waals surface area contributed by atoms with Gasteiger partial charge in [-0.1, -0.05) is 23.7 Å². The molecule has 0 unspecified atom stereocenters. The van der Waals surface area contributed by atoms with Gasteiger partial charge in [0.25, 0.3) is 15.9 Å². The molecule has 1 aliphatic heterocycles. The predicted octanol–water partition coefficient (Wildman–Crippen LogP) is 3.26. The van der Waals surface area contributed by atoms with Crippen LogP contribution in [0.3, 0.4) is 0 Å². The van der Waals surface area contributed by atoms with Crippen LogP contribution in [0.5, 0.6) is 11.5 Å². The SMILES string of the molecule is CCOc1ccc(NS(=O)(=O)c2ccc(OCC(=O)NCc3ccc(S(=O)(=O)N4CCOCC4)cc3)c(Cl)c2)cc1. The molecule has 0 aromatic heterocycles. The first-order chi connectivity index (χ1) is 19.6. The molecule has 3 aromatic rings. The molecule has 1 heterocycles. The van der Waals surface area contributed by atoms with Crippen molar-refractivity contribution in [2.45, 2.75) is 23.3 Å². The Morgan fingerprint density at radius 1 is 0.927 bits per heavy atom. The highest BCUT2D eigenvalue weighted by molar-refractivity contribution is 7.92. The van der Waals surface area contributed by atoms with E-state index in [1.165, 1.54) is 34.6 Å². The van der Waals surface area contributed by atoms with E-state index in [0.29, 0.717) is 49.9 Å². The van der Waals surface area contributed by atoms with Gasteiger partial charge < -0.3 is 19.5 Å². The van der Waals surface area contributed by atoms with Gasteiger partial charge in [0.15, 0.2) is 6.61 Å². The minimum atomic E-state index is -3.92. The number of halogens is 1. The fourth-order valence-electron chi connectivity index (χ4n) is 3.88. The molecular formula is C27H30ClN3O8S2. The molecule has 1 amide bonds. The molecule has 0 spiro atoms. The van der Waals surface area contributed by atoms with E-state index in [4.69, 9.17) is 25.8 Å². The summed E-state index contributed by atoms with van der Waals surface area (Å²) in [5.41, 5.74) is 1.06. The minimum absolute atomic E-state index is 0.0180. The number of amides is 1. The molecule has 0 bridgehead atoms. The number of anilines is 1. The van der Waals surface area contributed by atoms with Crippen molar-refractivity contribution < 1.29 is 35.8 Å². The van der Waals surface area contributed by atoms with Crippen LogP contribution in [-0.4, -0.2) is 66.6 Å². The van der Waals surface area contributed by atoms with Crippen LogP contribution < -0.4 is 19.5 Å². The highest BCUT2D eigenvalue weighted by atomic mass is 35.5. The van der Waals surface area contributed by atoms with E-state index in [-0.39, 0.29) is 33.7 Å². The van der Waals surface area contributed by atoms with Gasteiger partial charge in [0, 0.05) is 25.3 Å². The molecule has 220 valence electrons. The van der Waals surface area contributed by atoms with Crippen molar-refractivity contribution in [2.24, 2.45) is 0 Å². The van der Waals surface area contributed by atoms with Crippen LogP contribution in [-0.2, 0) is 36.1 Å². The van der Waals surface area contributed by atoms with Crippen LogP contribution in [0, 0.1) is 0 Å². The molecule has 0 atom stereocenters. The molecule has 1 fully saturated rings. The van der Waals surface area contributed by atoms with E-state index in [9.17, 15) is 21.6 Å². The Morgan fingerprint density at radius 2 is 1.59 bits per heavy atom. The highest BCUT2D eigenvalue weighted by Crippen LogP contribution is 2.28. The Hall–Kier alpha value is -3.36. The summed E-state index contributed by atoms with van der Waals surface area (Å²) in [6.45, 7) is 3.49. The predicted molar refractivity (Wildman–Crippen MR) is 153 cm³/mol. The third-order valence-corrected chi connectivity index (χ3v) is 9.60. The van der Waals surface area contributed by atoms with Gasteiger partial charge in [-0.3, -0.25) is 9.52 Å². The summed E-state index contributed by atoms with van der Waals surface area (Å²) in [5.74, 6) is 0.316. The summed E-state index contributed by atoms with van der Waals surface area (Å²) < 4.78 is 70.9. The number of ether oxygens (including phenoxy) is 3. The number of hydrogen-bond acceptors (Lipinski definition) is 8. The van der Waals surface area contributed by atoms with Gasteiger partial charge in [0.2, 0.25) is 10.0 Å². The molecule has 1 saturated heterocycles. The molecular weight excluding hydrogens is 594 g/mol. The fraction of sp³-hybridized carbons (Fsp3) is 0.296. The second-order valence-corrected chi connectivity index (χ2v) is 12.9. The fourth-order valence-corrected chi connectivity index (χ4v) is 6.67. The van der Waals surface area contributed by atoms with Crippen molar-refractivity contribution in [2.75, 3.05) is 44.2 Å². The number of nitrogens with zero attached hydrogens (tertiary/aromatic N) is 1. The van der Waals surface area contributed by atoms with Gasteiger partial charge in [0.05, 0.1) is 34.6 Å². The molecule has 3 aromatic carbocycles. The van der Waals surface area contributed by atoms with E-state index >= 15 is 0 Å². The molecule has 2 N–H and O–H groups in total. The second-order valence-electron chi connectivity index (χ2n) is 8.88. The maximum absolute atomic E-state index is 12.8. The summed E-state index contributed by atoms with van der Waals surface area (Å²) in [5, 5.41) is 2.70. The van der Waals surface area contributed by atoms with Crippen molar-refractivity contribution >= 4 is 43.2 Å². The Balaban J connectivity index is 1.28. The zero-order valence-electron chi connectivity index (χ0n) is 22.2. The molecule has 1 aliphatic rings. The zero-order chi connectivity index (χ0) is 29.5. The smallest absolute Gasteiger partial charge is 0.261 e. The minimum Gasteiger partial charge on any atom is -0.494 e. The average Bonchev–Trinajstić information content (AvgIpc) is 2.97. The number of carbonyl (C=O) groups excluding carboxylic acids is 1. The van der Waals surface area contributed by atoms with Crippen LogP contribution in [0.15, 0.2) is 76.5 Å². The van der Waals surface area contributed by atoms with E-state index < -0.39 is 26.0 Å². The lowest BCUT2D eigenvalue weighted by Crippen LogP contribution is -2.40. The average molecular weight is 624 g/mol. The van der Waals surface area contributed by atoms with Crippen LogP contribution in [0.2, 0.25) is 5.02 Å². The molecule has 11 nitrogen and oxygen atoms in total. The lowest BCUT2D eigenvalue weighted by atomic mass is 10.2. The number of hydrogen-bond donors (Lipinski definition) is 2. The van der Waals surface area contributed by atoms with Crippen LogP contribution >= 0.6 is 11.6 Å². The van der Waals surface area contributed by atoms with E-state index in [1.807, 2.05) is 6.92 Å². The summed E-state index contributed by atoms with van der Waals surface area (Å²) >= 11 is 6.23. The van der Waals surface area contributed by atoms with E-state index in [2.05, 4.69) is 10.0 Å². The Labute approximate surface area is 244 Å². The summed E-state index contributed by atoms with van der Waals surface area (Å²) in [7, 11) is -7.52. The number of rotatable bonds is 12. The van der Waals surface area contributed by atoms with E-state index in [1.54, 1.807) is 36.4 Å². The van der Waals surface area contributed by atoms with E-state index in [0.717, 1.165) is 0 Å². The largest absolute Gasteiger partial charge is 0.494 e. The van der Waals surface area contributed by atoms with Gasteiger partial charge in [-0.2, -0.15) is 4.31 Å². The monoisotopic (exact) mass is 623 g/mol. The first kappa shape index (κ1) is 30.6. The molecule has 4 rings (SSSR count). The third kappa shape index (κ3) is 8.11. The first-order valence-electron chi connectivity index (χ1n) is 12.7. The number of morpholine rings is 1. The molecule has 0 saturated carbocycles. The van der Waals surface area contributed by atoms with Crippen molar-refractivity contribution in [3.8, 4) is 11.5 Å². The lowest BCUT2D eigenvalue weighted by molar-refractivity contribution is -0.123.